The van der Waals surface area contributed by atoms with Gasteiger partial charge in [0, 0.05) is 7.11 Å². The predicted molar refractivity (Wildman–Crippen MR) is 105 cm³/mol. The molecule has 0 spiro atoms. The average molecular weight is 416 g/mol. The molecule has 2 aromatic rings. The number of hydrogen-bond acceptors (Lipinski definition) is 7. The summed E-state index contributed by atoms with van der Waals surface area (Å²) in [6.07, 6.45) is 1.65. The van der Waals surface area contributed by atoms with Gasteiger partial charge in [0.25, 0.3) is 0 Å². The fourth-order valence-electron chi connectivity index (χ4n) is 1.92. The van der Waals surface area contributed by atoms with Crippen LogP contribution >= 0.6 is 11.6 Å². The molecule has 0 aromatic carbocycles. The lowest BCUT2D eigenvalue weighted by Crippen LogP contribution is -2.44. The number of nitrogens with zero attached hydrogens (tertiary/aromatic N) is 4. The van der Waals surface area contributed by atoms with Crippen molar-refractivity contribution in [1.29, 1.82) is 0 Å². The third-order valence-electron chi connectivity index (χ3n) is 4.68. The van der Waals surface area contributed by atoms with Gasteiger partial charge in [-0.3, -0.25) is 10.1 Å². The van der Waals surface area contributed by atoms with Crippen molar-refractivity contribution in [2.45, 2.75) is 45.0 Å². The number of methoxy groups -OCH3 is 1. The first-order valence-corrected chi connectivity index (χ1v) is 11.8. The second-order valence-electron chi connectivity index (χ2n) is 7.57. The molecular formula is C16H26ClN5O4Si. The highest BCUT2D eigenvalue weighted by Crippen LogP contribution is 2.36. The molecule has 150 valence electrons. The number of imidazole rings is 1. The molecule has 1 unspecified atom stereocenters. The van der Waals surface area contributed by atoms with Gasteiger partial charge in [0.15, 0.2) is 13.5 Å². The lowest BCUT2D eigenvalue weighted by atomic mass is 10.2. The largest absolute Gasteiger partial charge is 0.414 e. The number of halogens is 1. The van der Waals surface area contributed by atoms with Crippen LogP contribution in [-0.4, -0.2) is 60.8 Å². The zero-order valence-electron chi connectivity index (χ0n) is 16.4. The topological polar surface area (TPSA) is 100 Å². The van der Waals surface area contributed by atoms with E-state index < -0.39 is 8.32 Å². The second-order valence-corrected chi connectivity index (χ2v) is 12.7. The number of amides is 1. The minimum absolute atomic E-state index is 0.0670. The standard InChI is InChI=1S/C16H26ClN5O4Si/c1-16(2,3)27(5,6)26-8-11(24-4)7-25-22-9-18-12-13(17)20-15(19-10-23)21-14(12)22/h9-11H,7-8H2,1-6H3,(H,19,20,21,23). The quantitative estimate of drug-likeness (QED) is 0.381. The summed E-state index contributed by atoms with van der Waals surface area (Å²) < 4.78 is 13.0. The SMILES string of the molecule is COC(COn1cnc2c(Cl)nc(NC=O)nc21)CO[Si](C)(C)C(C)(C)C. The van der Waals surface area contributed by atoms with Crippen molar-refractivity contribution < 1.29 is 18.8 Å². The molecule has 1 amide bonds. The number of ether oxygens (including phenoxy) is 1. The Morgan fingerprint density at radius 3 is 2.63 bits per heavy atom. The molecule has 2 aromatic heterocycles. The number of hydrogen-bond donors (Lipinski definition) is 1. The summed E-state index contributed by atoms with van der Waals surface area (Å²) >= 11 is 6.07. The van der Waals surface area contributed by atoms with Gasteiger partial charge in [0.1, 0.15) is 24.6 Å². The van der Waals surface area contributed by atoms with Crippen molar-refractivity contribution >= 4 is 43.4 Å². The first-order chi connectivity index (χ1) is 12.6. The van der Waals surface area contributed by atoms with Gasteiger partial charge >= 0.3 is 0 Å². The van der Waals surface area contributed by atoms with Gasteiger partial charge in [-0.2, -0.15) is 14.7 Å². The highest BCUT2D eigenvalue weighted by atomic mass is 35.5. The van der Waals surface area contributed by atoms with E-state index in [-0.39, 0.29) is 28.9 Å². The summed E-state index contributed by atoms with van der Waals surface area (Å²) in [5, 5.41) is 2.60. The summed E-state index contributed by atoms with van der Waals surface area (Å²) in [4.78, 5) is 28.6. The molecule has 0 aliphatic carbocycles. The highest BCUT2D eigenvalue weighted by Gasteiger charge is 2.37. The van der Waals surface area contributed by atoms with E-state index in [4.69, 9.17) is 25.6 Å². The summed E-state index contributed by atoms with van der Waals surface area (Å²) in [5.74, 6) is 0.0670. The molecule has 27 heavy (non-hydrogen) atoms. The predicted octanol–water partition coefficient (Wildman–Crippen LogP) is 2.51. The number of carbonyl (C=O) groups excluding carboxylic acids is 1. The van der Waals surface area contributed by atoms with Crippen LogP contribution in [0.1, 0.15) is 20.8 Å². The Labute approximate surface area is 164 Å². The van der Waals surface area contributed by atoms with E-state index in [9.17, 15) is 4.79 Å². The third-order valence-corrected chi connectivity index (χ3v) is 9.44. The van der Waals surface area contributed by atoms with Crippen LogP contribution in [0.2, 0.25) is 23.3 Å². The van der Waals surface area contributed by atoms with Crippen molar-refractivity contribution in [2.24, 2.45) is 0 Å². The van der Waals surface area contributed by atoms with Crippen LogP contribution in [0.3, 0.4) is 0 Å². The Balaban J connectivity index is 2.07. The highest BCUT2D eigenvalue weighted by molar-refractivity contribution is 6.74. The number of aromatic nitrogens is 4. The molecule has 11 heteroatoms. The van der Waals surface area contributed by atoms with Gasteiger partial charge in [0.05, 0.1) is 6.61 Å². The molecule has 0 radical (unpaired) electrons. The number of nitrogens with one attached hydrogen (secondary N) is 1. The Hall–Kier alpha value is -1.75. The first kappa shape index (κ1) is 21.5. The van der Waals surface area contributed by atoms with E-state index in [0.29, 0.717) is 24.2 Å². The van der Waals surface area contributed by atoms with Crippen molar-refractivity contribution in [3.63, 3.8) is 0 Å². The summed E-state index contributed by atoms with van der Waals surface area (Å²) in [7, 11) is -0.270. The lowest BCUT2D eigenvalue weighted by Gasteiger charge is -2.37. The lowest BCUT2D eigenvalue weighted by molar-refractivity contribution is -0.105. The van der Waals surface area contributed by atoms with Gasteiger partial charge in [0.2, 0.25) is 18.0 Å². The molecule has 0 bridgehead atoms. The van der Waals surface area contributed by atoms with Crippen LogP contribution in [-0.2, 0) is 14.0 Å². The molecule has 0 aliphatic rings. The Bertz CT molecular complexity index is 793. The minimum Gasteiger partial charge on any atom is -0.414 e. The second kappa shape index (κ2) is 8.51. The van der Waals surface area contributed by atoms with Gasteiger partial charge < -0.3 is 14.0 Å². The molecule has 0 saturated carbocycles. The molecule has 0 aliphatic heterocycles. The van der Waals surface area contributed by atoms with Crippen molar-refractivity contribution in [3.05, 3.63) is 11.5 Å². The summed E-state index contributed by atoms with van der Waals surface area (Å²) in [5.41, 5.74) is 0.721. The molecule has 9 nitrogen and oxygen atoms in total. The molecule has 2 rings (SSSR count). The number of carbonyl (C=O) groups is 1. The zero-order valence-corrected chi connectivity index (χ0v) is 18.2. The van der Waals surface area contributed by atoms with E-state index in [1.807, 2.05) is 0 Å². The van der Waals surface area contributed by atoms with E-state index in [1.54, 1.807) is 7.11 Å². The van der Waals surface area contributed by atoms with Crippen LogP contribution < -0.4 is 10.2 Å². The molecule has 1 N–H and O–H groups in total. The molecule has 2 heterocycles. The number of anilines is 1. The van der Waals surface area contributed by atoms with Crippen LogP contribution in [0, 0.1) is 0 Å². The summed E-state index contributed by atoms with van der Waals surface area (Å²) in [6.45, 7) is 11.6. The summed E-state index contributed by atoms with van der Waals surface area (Å²) in [6, 6.07) is 0. The van der Waals surface area contributed by atoms with Crippen LogP contribution in [0.5, 0.6) is 0 Å². The maximum absolute atomic E-state index is 10.6. The van der Waals surface area contributed by atoms with Crippen molar-refractivity contribution in [2.75, 3.05) is 25.6 Å². The molecule has 0 fully saturated rings. The van der Waals surface area contributed by atoms with Gasteiger partial charge in [-0.05, 0) is 18.1 Å². The average Bonchev–Trinajstić information content (AvgIpc) is 2.98. The van der Waals surface area contributed by atoms with E-state index in [0.717, 1.165) is 0 Å². The number of rotatable bonds is 9. The van der Waals surface area contributed by atoms with E-state index in [1.165, 1.54) is 11.1 Å². The maximum atomic E-state index is 10.6. The van der Waals surface area contributed by atoms with Gasteiger partial charge in [-0.1, -0.05) is 32.4 Å². The smallest absolute Gasteiger partial charge is 0.232 e. The Kier molecular flexibility index (Phi) is 6.79. The van der Waals surface area contributed by atoms with E-state index in [2.05, 4.69) is 54.1 Å². The van der Waals surface area contributed by atoms with Crippen LogP contribution in [0.25, 0.3) is 11.2 Å². The normalized spacial score (nSPS) is 13.6. The first-order valence-electron chi connectivity index (χ1n) is 8.50. The fourth-order valence-corrected chi connectivity index (χ4v) is 3.17. The Morgan fingerprint density at radius 1 is 1.33 bits per heavy atom. The molecule has 1 atom stereocenters. The fraction of sp³-hybridized carbons (Fsp3) is 0.625. The van der Waals surface area contributed by atoms with Gasteiger partial charge in [-0.25, -0.2) is 4.98 Å². The molecular weight excluding hydrogens is 390 g/mol. The zero-order chi connectivity index (χ0) is 20.2. The minimum atomic E-state index is -1.88. The van der Waals surface area contributed by atoms with Gasteiger partial charge in [-0.15, -0.1) is 0 Å². The monoisotopic (exact) mass is 415 g/mol. The Morgan fingerprint density at radius 2 is 2.04 bits per heavy atom. The third kappa shape index (κ3) is 5.16. The van der Waals surface area contributed by atoms with E-state index >= 15 is 0 Å². The van der Waals surface area contributed by atoms with Crippen LogP contribution in [0.15, 0.2) is 6.33 Å². The van der Waals surface area contributed by atoms with Crippen molar-refractivity contribution in [1.82, 2.24) is 19.7 Å². The maximum Gasteiger partial charge on any atom is 0.232 e. The molecule has 0 saturated heterocycles. The number of fused-ring (bicyclic) bond motifs is 1. The van der Waals surface area contributed by atoms with Crippen LogP contribution in [0.4, 0.5) is 5.95 Å². The van der Waals surface area contributed by atoms with Crippen molar-refractivity contribution in [3.8, 4) is 0 Å².